The molecule has 3 rings (SSSR count). The molecule has 7 nitrogen and oxygen atoms in total. The summed E-state index contributed by atoms with van der Waals surface area (Å²) in [7, 11) is 1.54. The summed E-state index contributed by atoms with van der Waals surface area (Å²) in [4.78, 5) is 11.2. The molecule has 2 saturated heterocycles. The first-order valence-electron chi connectivity index (χ1n) is 7.03. The maximum Gasteiger partial charge on any atom is 0.358 e. The average Bonchev–Trinajstić information content (AvgIpc) is 3.07. The molecule has 0 saturated carbocycles. The number of carboxylic acids is 1. The number of carbonyl (C=O) groups is 1. The van der Waals surface area contributed by atoms with E-state index in [2.05, 4.69) is 10.3 Å². The molecule has 1 spiro atoms. The van der Waals surface area contributed by atoms with Crippen LogP contribution in [0.25, 0.3) is 0 Å². The third-order valence-corrected chi connectivity index (χ3v) is 5.38. The van der Waals surface area contributed by atoms with Crippen molar-refractivity contribution >= 4 is 17.7 Å². The van der Waals surface area contributed by atoms with E-state index in [1.54, 1.807) is 11.8 Å². The summed E-state index contributed by atoms with van der Waals surface area (Å²) in [6.07, 6.45) is 2.74. The second-order valence-corrected chi connectivity index (χ2v) is 6.65. The van der Waals surface area contributed by atoms with E-state index in [9.17, 15) is 9.90 Å². The predicted octanol–water partition coefficient (Wildman–Crippen LogP) is 1.35. The lowest BCUT2D eigenvalue weighted by molar-refractivity contribution is -0.0787. The van der Waals surface area contributed by atoms with Crippen molar-refractivity contribution < 1.29 is 19.4 Å². The fourth-order valence-electron chi connectivity index (χ4n) is 3.12. The molecular formula is C13H19N3O4S. The number of methoxy groups -OCH3 is 1. The van der Waals surface area contributed by atoms with Gasteiger partial charge in [0, 0.05) is 19.5 Å². The minimum atomic E-state index is -1.06. The van der Waals surface area contributed by atoms with Gasteiger partial charge in [0.05, 0.1) is 23.9 Å². The lowest BCUT2D eigenvalue weighted by Crippen LogP contribution is -2.41. The standard InChI is InChI=1S/C13H19N3O4S/c1-19-7-10-11(12(17)18)14-15-16(10)9-2-4-20-13(6-9)3-5-21-8-13/h9H,2-8H2,1H3,(H,17,18). The van der Waals surface area contributed by atoms with Crippen LogP contribution in [0.4, 0.5) is 0 Å². The van der Waals surface area contributed by atoms with E-state index in [1.165, 1.54) is 0 Å². The Labute approximate surface area is 127 Å². The quantitative estimate of drug-likeness (QED) is 0.897. The van der Waals surface area contributed by atoms with E-state index in [-0.39, 0.29) is 23.9 Å². The van der Waals surface area contributed by atoms with Gasteiger partial charge in [-0.1, -0.05) is 5.21 Å². The molecule has 0 radical (unpaired) electrons. The minimum absolute atomic E-state index is 0.0156. The molecule has 8 heteroatoms. The zero-order valence-electron chi connectivity index (χ0n) is 11.9. The molecule has 2 atom stereocenters. The highest BCUT2D eigenvalue weighted by Gasteiger charge is 2.42. The van der Waals surface area contributed by atoms with Crippen LogP contribution >= 0.6 is 11.8 Å². The zero-order chi connectivity index (χ0) is 14.9. The summed E-state index contributed by atoms with van der Waals surface area (Å²) in [5.74, 6) is 1.06. The van der Waals surface area contributed by atoms with Gasteiger partial charge in [-0.15, -0.1) is 5.10 Å². The SMILES string of the molecule is COCc1c(C(=O)O)nnn1C1CCOC2(CCSC2)C1. The van der Waals surface area contributed by atoms with Crippen LogP contribution in [0.3, 0.4) is 0 Å². The Morgan fingerprint density at radius 3 is 3.19 bits per heavy atom. The van der Waals surface area contributed by atoms with Crippen molar-refractivity contribution in [3.63, 3.8) is 0 Å². The van der Waals surface area contributed by atoms with Crippen LogP contribution in [-0.2, 0) is 16.1 Å². The Hall–Kier alpha value is -1.12. The van der Waals surface area contributed by atoms with Crippen molar-refractivity contribution in [2.75, 3.05) is 25.2 Å². The maximum absolute atomic E-state index is 11.2. The number of carboxylic acid groups (broad SMARTS) is 1. The summed E-state index contributed by atoms with van der Waals surface area (Å²) in [6, 6.07) is 0.128. The first-order chi connectivity index (χ1) is 10.2. The van der Waals surface area contributed by atoms with Crippen molar-refractivity contribution in [2.45, 2.75) is 37.5 Å². The van der Waals surface area contributed by atoms with Gasteiger partial charge < -0.3 is 14.6 Å². The highest BCUT2D eigenvalue weighted by Crippen LogP contribution is 2.42. The van der Waals surface area contributed by atoms with Crippen LogP contribution < -0.4 is 0 Å². The van der Waals surface area contributed by atoms with Crippen molar-refractivity contribution in [3.05, 3.63) is 11.4 Å². The minimum Gasteiger partial charge on any atom is -0.476 e. The van der Waals surface area contributed by atoms with E-state index in [4.69, 9.17) is 9.47 Å². The van der Waals surface area contributed by atoms with Gasteiger partial charge in [0.2, 0.25) is 0 Å². The van der Waals surface area contributed by atoms with Gasteiger partial charge in [-0.05, 0) is 25.0 Å². The van der Waals surface area contributed by atoms with E-state index in [0.29, 0.717) is 12.3 Å². The molecule has 0 amide bonds. The summed E-state index contributed by atoms with van der Waals surface area (Å²) >= 11 is 1.91. The van der Waals surface area contributed by atoms with Crippen LogP contribution in [0.15, 0.2) is 0 Å². The van der Waals surface area contributed by atoms with Crippen molar-refractivity contribution in [3.8, 4) is 0 Å². The highest BCUT2D eigenvalue weighted by atomic mass is 32.2. The van der Waals surface area contributed by atoms with Crippen LogP contribution in [0.2, 0.25) is 0 Å². The van der Waals surface area contributed by atoms with Gasteiger partial charge in [0.15, 0.2) is 5.69 Å². The van der Waals surface area contributed by atoms with Crippen molar-refractivity contribution in [1.82, 2.24) is 15.0 Å². The lowest BCUT2D eigenvalue weighted by atomic mass is 9.90. The van der Waals surface area contributed by atoms with Crippen LogP contribution in [-0.4, -0.2) is 56.9 Å². The fourth-order valence-corrected chi connectivity index (χ4v) is 4.50. The van der Waals surface area contributed by atoms with Gasteiger partial charge in [-0.25, -0.2) is 9.48 Å². The predicted molar refractivity (Wildman–Crippen MR) is 76.6 cm³/mol. The number of hydrogen-bond donors (Lipinski definition) is 1. The molecule has 2 aliphatic rings. The number of hydrogen-bond acceptors (Lipinski definition) is 6. The normalized spacial score (nSPS) is 29.1. The molecule has 21 heavy (non-hydrogen) atoms. The van der Waals surface area contributed by atoms with E-state index in [0.717, 1.165) is 30.8 Å². The van der Waals surface area contributed by atoms with Gasteiger partial charge in [0.1, 0.15) is 0 Å². The van der Waals surface area contributed by atoms with Crippen LogP contribution in [0.5, 0.6) is 0 Å². The molecule has 3 heterocycles. The Morgan fingerprint density at radius 2 is 2.52 bits per heavy atom. The Balaban J connectivity index is 1.87. The number of thioether (sulfide) groups is 1. The average molecular weight is 313 g/mol. The second-order valence-electron chi connectivity index (χ2n) is 5.55. The van der Waals surface area contributed by atoms with E-state index >= 15 is 0 Å². The third-order valence-electron chi connectivity index (χ3n) is 4.15. The smallest absolute Gasteiger partial charge is 0.358 e. The van der Waals surface area contributed by atoms with Crippen LogP contribution in [0.1, 0.15) is 41.5 Å². The fraction of sp³-hybridized carbons (Fsp3) is 0.769. The first-order valence-corrected chi connectivity index (χ1v) is 8.19. The Bertz CT molecular complexity index is 527. The molecule has 1 aromatic rings. The Kier molecular flexibility index (Phi) is 4.19. The first kappa shape index (κ1) is 14.8. The molecule has 116 valence electrons. The molecule has 1 aromatic heterocycles. The molecule has 2 fully saturated rings. The number of nitrogens with zero attached hydrogens (tertiary/aromatic N) is 3. The van der Waals surface area contributed by atoms with Crippen LogP contribution in [0, 0.1) is 0 Å². The summed E-state index contributed by atoms with van der Waals surface area (Å²) in [6.45, 7) is 0.883. The van der Waals surface area contributed by atoms with Gasteiger partial charge in [0.25, 0.3) is 0 Å². The summed E-state index contributed by atoms with van der Waals surface area (Å²) in [5.41, 5.74) is 0.448. The largest absolute Gasteiger partial charge is 0.476 e. The highest BCUT2D eigenvalue weighted by molar-refractivity contribution is 7.99. The van der Waals surface area contributed by atoms with Gasteiger partial charge >= 0.3 is 5.97 Å². The number of ether oxygens (including phenoxy) is 2. The molecule has 1 N–H and O–H groups in total. The second kappa shape index (κ2) is 5.94. The van der Waals surface area contributed by atoms with Crippen molar-refractivity contribution in [2.24, 2.45) is 0 Å². The van der Waals surface area contributed by atoms with E-state index in [1.807, 2.05) is 11.8 Å². The zero-order valence-corrected chi connectivity index (χ0v) is 12.8. The lowest BCUT2D eigenvalue weighted by Gasteiger charge is -2.38. The molecule has 0 aliphatic carbocycles. The molecule has 0 aromatic carbocycles. The molecule has 2 unspecified atom stereocenters. The number of rotatable bonds is 4. The summed E-state index contributed by atoms with van der Waals surface area (Å²) < 4.78 is 12.9. The third kappa shape index (κ3) is 2.79. The van der Waals surface area contributed by atoms with E-state index < -0.39 is 5.97 Å². The maximum atomic E-state index is 11.2. The number of aromatic nitrogens is 3. The topological polar surface area (TPSA) is 86.5 Å². The van der Waals surface area contributed by atoms with Gasteiger partial charge in [-0.3, -0.25) is 0 Å². The molecule has 0 bridgehead atoms. The summed E-state index contributed by atoms with van der Waals surface area (Å²) in [5, 5.41) is 17.1. The number of aromatic carboxylic acids is 1. The monoisotopic (exact) mass is 313 g/mol. The molecular weight excluding hydrogens is 294 g/mol. The Morgan fingerprint density at radius 1 is 1.67 bits per heavy atom. The molecule has 2 aliphatic heterocycles. The van der Waals surface area contributed by atoms with Crippen molar-refractivity contribution in [1.29, 1.82) is 0 Å². The van der Waals surface area contributed by atoms with Gasteiger partial charge in [-0.2, -0.15) is 11.8 Å².